The lowest BCUT2D eigenvalue weighted by atomic mass is 10.0. The summed E-state index contributed by atoms with van der Waals surface area (Å²) in [6.45, 7) is 7.94. The summed E-state index contributed by atoms with van der Waals surface area (Å²) >= 11 is 2.07. The van der Waals surface area contributed by atoms with Crippen LogP contribution in [0.5, 0.6) is 0 Å². The van der Waals surface area contributed by atoms with Crippen LogP contribution in [0.3, 0.4) is 0 Å². The first-order valence-corrected chi connectivity index (χ1v) is 8.37. The van der Waals surface area contributed by atoms with E-state index in [1.807, 2.05) is 0 Å². The zero-order valence-electron chi connectivity index (χ0n) is 12.1. The lowest BCUT2D eigenvalue weighted by Crippen LogP contribution is -2.20. The van der Waals surface area contributed by atoms with Gasteiger partial charge in [-0.15, -0.1) is 11.3 Å². The van der Waals surface area contributed by atoms with Gasteiger partial charge in [0, 0.05) is 15.8 Å². The molecule has 2 heteroatoms. The molecule has 1 aliphatic carbocycles. The number of hydrogen-bond donors (Lipinski definition) is 1. The van der Waals surface area contributed by atoms with Crippen molar-refractivity contribution < 1.29 is 0 Å². The molecule has 2 rings (SSSR count). The van der Waals surface area contributed by atoms with Crippen molar-refractivity contribution in [3.63, 3.8) is 0 Å². The molecule has 0 saturated carbocycles. The molecule has 0 aliphatic heterocycles. The summed E-state index contributed by atoms with van der Waals surface area (Å²) in [7, 11) is 0. The molecule has 0 bridgehead atoms. The minimum atomic E-state index is 0.601. The van der Waals surface area contributed by atoms with Crippen LogP contribution in [-0.4, -0.2) is 6.54 Å². The molecule has 102 valence electrons. The highest BCUT2D eigenvalue weighted by atomic mass is 32.1. The van der Waals surface area contributed by atoms with E-state index in [9.17, 15) is 0 Å². The fourth-order valence-corrected chi connectivity index (χ4v) is 4.21. The molecule has 1 heterocycles. The third kappa shape index (κ3) is 3.58. The summed E-state index contributed by atoms with van der Waals surface area (Å²) in [6.07, 6.45) is 8.01. The Morgan fingerprint density at radius 1 is 1.28 bits per heavy atom. The summed E-state index contributed by atoms with van der Waals surface area (Å²) in [5, 5.41) is 3.67. The van der Waals surface area contributed by atoms with Gasteiger partial charge in [0.05, 0.1) is 0 Å². The van der Waals surface area contributed by atoms with Crippen molar-refractivity contribution in [3.05, 3.63) is 21.4 Å². The van der Waals surface area contributed by atoms with Crippen LogP contribution in [0, 0.1) is 5.92 Å². The van der Waals surface area contributed by atoms with Crippen molar-refractivity contribution in [1.82, 2.24) is 5.32 Å². The van der Waals surface area contributed by atoms with Crippen LogP contribution in [0.2, 0.25) is 0 Å². The van der Waals surface area contributed by atoms with E-state index >= 15 is 0 Å². The van der Waals surface area contributed by atoms with Crippen molar-refractivity contribution in [2.24, 2.45) is 5.92 Å². The second-order valence-electron chi connectivity index (χ2n) is 5.89. The van der Waals surface area contributed by atoms with Gasteiger partial charge in [-0.25, -0.2) is 0 Å². The Bertz CT molecular complexity index is 346. The van der Waals surface area contributed by atoms with Crippen molar-refractivity contribution in [1.29, 1.82) is 0 Å². The van der Waals surface area contributed by atoms with Crippen molar-refractivity contribution >= 4 is 11.3 Å². The van der Waals surface area contributed by atoms with Crippen LogP contribution in [0.15, 0.2) is 6.07 Å². The van der Waals surface area contributed by atoms with Crippen LogP contribution < -0.4 is 5.32 Å². The second-order valence-corrected chi connectivity index (χ2v) is 7.05. The van der Waals surface area contributed by atoms with Gasteiger partial charge in [-0.3, -0.25) is 0 Å². The second kappa shape index (κ2) is 6.72. The molecule has 0 saturated heterocycles. The van der Waals surface area contributed by atoms with Gasteiger partial charge in [0.1, 0.15) is 0 Å². The normalized spacial score (nSPS) is 16.2. The molecule has 0 amide bonds. The lowest BCUT2D eigenvalue weighted by molar-refractivity contribution is 0.459. The van der Waals surface area contributed by atoms with Crippen molar-refractivity contribution in [3.8, 4) is 0 Å². The van der Waals surface area contributed by atoms with Gasteiger partial charge in [0.2, 0.25) is 0 Å². The quantitative estimate of drug-likeness (QED) is 0.752. The molecule has 1 aliphatic rings. The van der Waals surface area contributed by atoms with Gasteiger partial charge in [-0.2, -0.15) is 0 Å². The molecule has 1 atom stereocenters. The van der Waals surface area contributed by atoms with Gasteiger partial charge in [-0.05, 0) is 49.8 Å². The molecule has 1 unspecified atom stereocenters. The van der Waals surface area contributed by atoms with E-state index in [0.29, 0.717) is 6.04 Å². The molecule has 1 aromatic rings. The van der Waals surface area contributed by atoms with Gasteiger partial charge >= 0.3 is 0 Å². The molecule has 1 aromatic heterocycles. The standard InChI is InChI=1S/C16H27NS/c1-4-17-14(9-5-7-12(2)3)16-11-13-8-6-10-15(13)18-16/h11-12,14,17H,4-10H2,1-3H3. The molecule has 0 aromatic carbocycles. The fourth-order valence-electron chi connectivity index (χ4n) is 2.85. The average Bonchev–Trinajstić information content (AvgIpc) is 2.87. The molecule has 18 heavy (non-hydrogen) atoms. The number of thiophene rings is 1. The van der Waals surface area contributed by atoms with Gasteiger partial charge in [0.15, 0.2) is 0 Å². The summed E-state index contributed by atoms with van der Waals surface area (Å²) < 4.78 is 0. The molecule has 0 fully saturated rings. The number of rotatable bonds is 7. The maximum Gasteiger partial charge on any atom is 0.0414 e. The van der Waals surface area contributed by atoms with Crippen molar-refractivity contribution in [2.75, 3.05) is 6.54 Å². The monoisotopic (exact) mass is 265 g/mol. The van der Waals surface area contributed by atoms with E-state index in [1.165, 1.54) is 38.5 Å². The number of fused-ring (bicyclic) bond motifs is 1. The van der Waals surface area contributed by atoms with Gasteiger partial charge in [-0.1, -0.05) is 33.6 Å². The summed E-state index contributed by atoms with van der Waals surface area (Å²) in [5.74, 6) is 0.834. The van der Waals surface area contributed by atoms with Crippen LogP contribution in [0.1, 0.15) is 67.8 Å². The zero-order chi connectivity index (χ0) is 13.0. The number of hydrogen-bond acceptors (Lipinski definition) is 2. The topological polar surface area (TPSA) is 12.0 Å². The Morgan fingerprint density at radius 2 is 2.11 bits per heavy atom. The predicted octanol–water partition coefficient (Wildman–Crippen LogP) is 4.71. The molecule has 1 nitrogen and oxygen atoms in total. The van der Waals surface area contributed by atoms with E-state index in [-0.39, 0.29) is 0 Å². The zero-order valence-corrected chi connectivity index (χ0v) is 12.9. The van der Waals surface area contributed by atoms with Crippen LogP contribution in [0.4, 0.5) is 0 Å². The largest absolute Gasteiger partial charge is 0.310 e. The van der Waals surface area contributed by atoms with E-state index in [1.54, 1.807) is 15.3 Å². The third-order valence-corrected chi connectivity index (χ3v) is 5.18. The Labute approximate surface area is 116 Å². The SMILES string of the molecule is CCNC(CCCC(C)C)c1cc2c(s1)CCC2. The molecule has 0 spiro atoms. The smallest absolute Gasteiger partial charge is 0.0414 e. The molecule has 0 radical (unpaired) electrons. The van der Waals surface area contributed by atoms with Crippen molar-refractivity contribution in [2.45, 2.75) is 65.3 Å². The average molecular weight is 265 g/mol. The van der Waals surface area contributed by atoms with Gasteiger partial charge < -0.3 is 5.32 Å². The first-order chi connectivity index (χ1) is 8.70. The van der Waals surface area contributed by atoms with E-state index in [0.717, 1.165) is 12.5 Å². The minimum Gasteiger partial charge on any atom is -0.310 e. The van der Waals surface area contributed by atoms with E-state index in [4.69, 9.17) is 0 Å². The highest BCUT2D eigenvalue weighted by Gasteiger charge is 2.19. The minimum absolute atomic E-state index is 0.601. The van der Waals surface area contributed by atoms with Crippen LogP contribution in [-0.2, 0) is 12.8 Å². The maximum absolute atomic E-state index is 3.67. The summed E-state index contributed by atoms with van der Waals surface area (Å²) in [5.41, 5.74) is 1.64. The molecular weight excluding hydrogens is 238 g/mol. The van der Waals surface area contributed by atoms with Crippen LogP contribution in [0.25, 0.3) is 0 Å². The third-order valence-electron chi connectivity index (χ3n) is 3.83. The number of nitrogens with one attached hydrogen (secondary N) is 1. The summed E-state index contributed by atoms with van der Waals surface area (Å²) in [6, 6.07) is 3.08. The molecule has 1 N–H and O–H groups in total. The van der Waals surface area contributed by atoms with E-state index in [2.05, 4.69) is 43.5 Å². The fraction of sp³-hybridized carbons (Fsp3) is 0.750. The lowest BCUT2D eigenvalue weighted by Gasteiger charge is -2.17. The highest BCUT2D eigenvalue weighted by molar-refractivity contribution is 7.12. The maximum atomic E-state index is 3.67. The Balaban J connectivity index is 1.95. The Hall–Kier alpha value is -0.340. The first kappa shape index (κ1) is 14.1. The Kier molecular flexibility index (Phi) is 5.25. The van der Waals surface area contributed by atoms with Crippen LogP contribution >= 0.6 is 11.3 Å². The Morgan fingerprint density at radius 3 is 2.78 bits per heavy atom. The van der Waals surface area contributed by atoms with E-state index < -0.39 is 0 Å². The predicted molar refractivity (Wildman–Crippen MR) is 81.5 cm³/mol. The molecular formula is C16H27NS. The first-order valence-electron chi connectivity index (χ1n) is 7.55. The number of aryl methyl sites for hydroxylation is 2. The highest BCUT2D eigenvalue weighted by Crippen LogP contribution is 2.35. The van der Waals surface area contributed by atoms with Gasteiger partial charge in [0.25, 0.3) is 0 Å². The summed E-state index contributed by atoms with van der Waals surface area (Å²) in [4.78, 5) is 3.25.